The van der Waals surface area contributed by atoms with Crippen molar-refractivity contribution in [2.45, 2.75) is 51.4 Å². The zero-order chi connectivity index (χ0) is 27.1. The van der Waals surface area contributed by atoms with Crippen molar-refractivity contribution in [3.05, 3.63) is 77.9 Å². The molecular formula is C26H35F3N6O. The van der Waals surface area contributed by atoms with Gasteiger partial charge in [0.05, 0.1) is 17.6 Å². The Morgan fingerprint density at radius 3 is 2.19 bits per heavy atom. The van der Waals surface area contributed by atoms with Crippen LogP contribution in [0, 0.1) is 0 Å². The molecule has 6 N–H and O–H groups in total. The number of halogens is 3. The van der Waals surface area contributed by atoms with E-state index in [-0.39, 0.29) is 17.5 Å². The average molecular weight is 505 g/mol. The first kappa shape index (κ1) is 28.7. The second kappa shape index (κ2) is 11.9. The average Bonchev–Trinajstić information content (AvgIpc) is 2.77. The number of benzene rings is 1. The Balaban J connectivity index is 2.11. The Bertz CT molecular complexity index is 1050. The van der Waals surface area contributed by atoms with Crippen molar-refractivity contribution in [1.29, 1.82) is 0 Å². The van der Waals surface area contributed by atoms with Crippen LogP contribution < -0.4 is 16.8 Å². The van der Waals surface area contributed by atoms with Crippen LogP contribution in [0.25, 0.3) is 5.70 Å². The van der Waals surface area contributed by atoms with Crippen molar-refractivity contribution in [3.8, 4) is 0 Å². The van der Waals surface area contributed by atoms with Crippen molar-refractivity contribution in [2.75, 3.05) is 13.1 Å². The number of nitrogens with one attached hydrogen (secondary N) is 1. The maximum Gasteiger partial charge on any atom is 0.416 e. The summed E-state index contributed by atoms with van der Waals surface area (Å²) in [5, 5.41) is 13.9. The molecule has 2 rings (SSSR count). The van der Waals surface area contributed by atoms with E-state index < -0.39 is 17.3 Å². The van der Waals surface area contributed by atoms with Gasteiger partial charge in [-0.3, -0.25) is 0 Å². The highest BCUT2D eigenvalue weighted by molar-refractivity contribution is 6.05. The number of piperidine rings is 1. The van der Waals surface area contributed by atoms with Crippen LogP contribution in [-0.2, 0) is 6.18 Å². The summed E-state index contributed by atoms with van der Waals surface area (Å²) in [6.45, 7) is 14.3. The fraction of sp³-hybridized carbons (Fsp3) is 0.385. The summed E-state index contributed by atoms with van der Waals surface area (Å²) < 4.78 is 38.5. The normalized spacial score (nSPS) is 17.0. The molecule has 10 heteroatoms. The molecule has 1 saturated heterocycles. The Hall–Kier alpha value is -3.53. The van der Waals surface area contributed by atoms with E-state index in [0.717, 1.165) is 49.5 Å². The first-order chi connectivity index (χ1) is 16.7. The van der Waals surface area contributed by atoms with Crippen LogP contribution in [-0.4, -0.2) is 46.8 Å². The molecule has 196 valence electrons. The highest BCUT2D eigenvalue weighted by Crippen LogP contribution is 2.29. The smallest absolute Gasteiger partial charge is 0.398 e. The number of hydrogen-bond acceptors (Lipinski definition) is 6. The van der Waals surface area contributed by atoms with Crippen LogP contribution in [0.1, 0.15) is 44.7 Å². The van der Waals surface area contributed by atoms with Crippen molar-refractivity contribution >= 4 is 17.7 Å². The third-order valence-electron chi connectivity index (χ3n) is 5.49. The van der Waals surface area contributed by atoms with Crippen LogP contribution in [0.3, 0.4) is 0 Å². The first-order valence-electron chi connectivity index (χ1n) is 11.5. The molecule has 0 amide bonds. The fourth-order valence-corrected chi connectivity index (χ4v) is 3.60. The van der Waals surface area contributed by atoms with Crippen molar-refractivity contribution < 1.29 is 18.3 Å². The van der Waals surface area contributed by atoms with E-state index in [1.165, 1.54) is 24.5 Å². The molecule has 1 aliphatic rings. The molecule has 0 aromatic heterocycles. The summed E-state index contributed by atoms with van der Waals surface area (Å²) in [4.78, 5) is 10.8. The predicted molar refractivity (Wildman–Crippen MR) is 140 cm³/mol. The topological polar surface area (TPSA) is 112 Å². The number of nitrogens with two attached hydrogens (primary N) is 2. The van der Waals surface area contributed by atoms with Gasteiger partial charge in [-0.25, -0.2) is 9.98 Å². The van der Waals surface area contributed by atoms with Crippen LogP contribution in [0.15, 0.2) is 76.8 Å². The summed E-state index contributed by atoms with van der Waals surface area (Å²) in [6, 6.07) is 4.58. The lowest BCUT2D eigenvalue weighted by molar-refractivity contribution is -0.137. The lowest BCUT2D eigenvalue weighted by Gasteiger charge is -2.34. The number of aliphatic imine (C=N–C) groups is 2. The SMILES string of the molecule is C=C(C)/C=C(\N=C/N)N1CCC(NC(=C)/N=C(\C=C(/N)c2ccc(C(F)(F)F)cc2)C(C)(C)O)CC1. The number of hydrogen-bond donors (Lipinski definition) is 4. The lowest BCUT2D eigenvalue weighted by atomic mass is 9.99. The molecular weight excluding hydrogens is 469 g/mol. The third-order valence-corrected chi connectivity index (χ3v) is 5.49. The standard InChI is InChI=1S/C26H35F3N6O/c1-17(2)14-24(32-16-30)35-12-10-21(11-13-35)33-18(3)34-23(25(4,5)36)15-22(31)19-6-8-20(9-7-19)26(27,28)29/h6-9,14-16,21,33,36H,1,3,10-13,31H2,2,4-5H3,(H2,30,32)/b22-15-,24-14+,34-23+. The highest BCUT2D eigenvalue weighted by Gasteiger charge is 2.30. The molecule has 0 radical (unpaired) electrons. The molecule has 0 spiro atoms. The first-order valence-corrected chi connectivity index (χ1v) is 11.5. The summed E-state index contributed by atoms with van der Waals surface area (Å²) in [5.74, 6) is 1.10. The monoisotopic (exact) mass is 504 g/mol. The van der Waals surface area contributed by atoms with E-state index in [1.54, 1.807) is 13.8 Å². The molecule has 1 fully saturated rings. The second-order valence-electron chi connectivity index (χ2n) is 9.21. The Labute approximate surface area is 210 Å². The molecule has 36 heavy (non-hydrogen) atoms. The van der Waals surface area contributed by atoms with Gasteiger partial charge in [-0.2, -0.15) is 13.2 Å². The zero-order valence-electron chi connectivity index (χ0n) is 20.9. The van der Waals surface area contributed by atoms with Crippen molar-refractivity contribution in [2.24, 2.45) is 21.5 Å². The van der Waals surface area contributed by atoms with Crippen LogP contribution in [0.4, 0.5) is 13.2 Å². The minimum Gasteiger partial charge on any atom is -0.398 e. The molecule has 0 unspecified atom stereocenters. The molecule has 1 aromatic rings. The number of aliphatic hydroxyl groups is 1. The number of nitrogens with zero attached hydrogens (tertiary/aromatic N) is 3. The maximum atomic E-state index is 12.8. The lowest BCUT2D eigenvalue weighted by Crippen LogP contribution is -2.41. The second-order valence-corrected chi connectivity index (χ2v) is 9.21. The molecule has 0 aliphatic carbocycles. The third kappa shape index (κ3) is 8.60. The van der Waals surface area contributed by atoms with Gasteiger partial charge in [0.2, 0.25) is 0 Å². The van der Waals surface area contributed by atoms with Gasteiger partial charge in [-0.05, 0) is 63.5 Å². The predicted octanol–water partition coefficient (Wildman–Crippen LogP) is 4.15. The molecule has 0 atom stereocenters. The minimum atomic E-state index is -4.43. The summed E-state index contributed by atoms with van der Waals surface area (Å²) in [6.07, 6.45) is 1.74. The van der Waals surface area contributed by atoms with Gasteiger partial charge in [-0.1, -0.05) is 30.9 Å². The molecule has 7 nitrogen and oxygen atoms in total. The van der Waals surface area contributed by atoms with Crippen molar-refractivity contribution in [3.63, 3.8) is 0 Å². The Morgan fingerprint density at radius 1 is 1.14 bits per heavy atom. The molecule has 1 aliphatic heterocycles. The van der Waals surface area contributed by atoms with E-state index in [4.69, 9.17) is 11.5 Å². The van der Waals surface area contributed by atoms with E-state index in [0.29, 0.717) is 11.4 Å². The van der Waals surface area contributed by atoms with Gasteiger partial charge in [0.1, 0.15) is 17.2 Å². The van der Waals surface area contributed by atoms with Gasteiger partial charge in [-0.15, -0.1) is 0 Å². The largest absolute Gasteiger partial charge is 0.416 e. The number of likely N-dealkylation sites (tertiary alicyclic amines) is 1. The summed E-state index contributed by atoms with van der Waals surface area (Å²) in [5.41, 5.74) is 11.1. The molecule has 0 saturated carbocycles. The van der Waals surface area contributed by atoms with Crippen LogP contribution >= 0.6 is 0 Å². The zero-order valence-corrected chi connectivity index (χ0v) is 20.9. The molecule has 0 bridgehead atoms. The van der Waals surface area contributed by atoms with E-state index >= 15 is 0 Å². The van der Waals surface area contributed by atoms with Gasteiger partial charge in [0.15, 0.2) is 0 Å². The number of rotatable bonds is 9. The fourth-order valence-electron chi connectivity index (χ4n) is 3.60. The highest BCUT2D eigenvalue weighted by atomic mass is 19.4. The maximum absolute atomic E-state index is 12.8. The van der Waals surface area contributed by atoms with E-state index in [9.17, 15) is 18.3 Å². The summed E-state index contributed by atoms with van der Waals surface area (Å²) in [7, 11) is 0. The van der Waals surface area contributed by atoms with E-state index in [2.05, 4.69) is 33.4 Å². The Morgan fingerprint density at radius 2 is 1.72 bits per heavy atom. The van der Waals surface area contributed by atoms with Gasteiger partial charge in [0.25, 0.3) is 0 Å². The quantitative estimate of drug-likeness (QED) is 0.229. The van der Waals surface area contributed by atoms with Crippen molar-refractivity contribution in [1.82, 2.24) is 10.2 Å². The molecule has 1 heterocycles. The van der Waals surface area contributed by atoms with Gasteiger partial charge >= 0.3 is 6.18 Å². The minimum absolute atomic E-state index is 0.102. The van der Waals surface area contributed by atoms with Crippen LogP contribution in [0.5, 0.6) is 0 Å². The molecule has 1 aromatic carbocycles. The van der Waals surface area contributed by atoms with Gasteiger partial charge < -0.3 is 26.8 Å². The van der Waals surface area contributed by atoms with Gasteiger partial charge in [0, 0.05) is 24.8 Å². The number of alkyl halides is 3. The summed E-state index contributed by atoms with van der Waals surface area (Å²) >= 11 is 0. The number of allylic oxidation sites excluding steroid dienone is 2. The Kier molecular flexibility index (Phi) is 9.52. The van der Waals surface area contributed by atoms with E-state index in [1.807, 2.05) is 13.0 Å². The van der Waals surface area contributed by atoms with Crippen LogP contribution in [0.2, 0.25) is 0 Å².